The number of nitrogens with one attached hydrogen (secondary N) is 3. The highest BCUT2D eigenvalue weighted by atomic mass is 16.5. The average Bonchev–Trinajstić information content (AvgIpc) is 2.90. The Labute approximate surface area is 149 Å². The van der Waals surface area contributed by atoms with Crippen LogP contribution in [0.1, 0.15) is 22.3 Å². The third kappa shape index (κ3) is 1.72. The van der Waals surface area contributed by atoms with Gasteiger partial charge in [-0.1, -0.05) is 18.2 Å². The van der Waals surface area contributed by atoms with Gasteiger partial charge in [0.2, 0.25) is 11.8 Å². The van der Waals surface area contributed by atoms with Gasteiger partial charge in [-0.25, -0.2) is 9.59 Å². The molecule has 0 fully saturated rings. The second kappa shape index (κ2) is 4.85. The van der Waals surface area contributed by atoms with E-state index in [2.05, 4.69) is 15.3 Å². The van der Waals surface area contributed by atoms with Crippen molar-refractivity contribution < 1.29 is 13.9 Å². The molecule has 0 aliphatic carbocycles. The maximum atomic E-state index is 13.2. The number of rotatable bonds is 0. The molecule has 0 bridgehead atoms. The summed E-state index contributed by atoms with van der Waals surface area (Å²) in [6.45, 7) is 1.63. The van der Waals surface area contributed by atoms with Crippen molar-refractivity contribution in [2.24, 2.45) is 0 Å². The van der Waals surface area contributed by atoms with Crippen molar-refractivity contribution in [2.75, 3.05) is 5.32 Å². The summed E-state index contributed by atoms with van der Waals surface area (Å²) in [5.74, 6) is -0.714. The molecule has 9 nitrogen and oxygen atoms in total. The summed E-state index contributed by atoms with van der Waals surface area (Å²) in [5.41, 5.74) is -3.21. The lowest BCUT2D eigenvalue weighted by atomic mass is 9.69. The fraction of sp³-hybridized carbons (Fsp3) is 0.111. The third-order valence-electron chi connectivity index (χ3n) is 4.91. The number of carbonyl (C=O) groups excluding carboxylic acids is 1. The third-order valence-corrected chi connectivity index (χ3v) is 4.91. The lowest BCUT2D eigenvalue weighted by molar-refractivity contribution is -0.118. The van der Waals surface area contributed by atoms with Gasteiger partial charge in [0.15, 0.2) is 0 Å². The Balaban J connectivity index is 2.07. The van der Waals surface area contributed by atoms with E-state index < -0.39 is 28.2 Å². The number of fused-ring (bicyclic) bond motifs is 6. The zero-order valence-corrected chi connectivity index (χ0v) is 13.8. The van der Waals surface area contributed by atoms with E-state index in [0.29, 0.717) is 16.8 Å². The summed E-state index contributed by atoms with van der Waals surface area (Å²) >= 11 is 0. The highest BCUT2D eigenvalue weighted by molar-refractivity contribution is 6.12. The van der Waals surface area contributed by atoms with E-state index in [1.165, 1.54) is 6.26 Å². The minimum Gasteiger partial charge on any atom is -0.439 e. The van der Waals surface area contributed by atoms with Gasteiger partial charge in [-0.3, -0.25) is 19.6 Å². The van der Waals surface area contributed by atoms with E-state index >= 15 is 0 Å². The first kappa shape index (κ1) is 15.4. The van der Waals surface area contributed by atoms with Gasteiger partial charge in [0.05, 0.1) is 0 Å². The van der Waals surface area contributed by atoms with Crippen LogP contribution in [0.5, 0.6) is 11.6 Å². The van der Waals surface area contributed by atoms with Gasteiger partial charge < -0.3 is 14.5 Å². The number of carbonyl (C=O) groups is 1. The van der Waals surface area contributed by atoms with Crippen LogP contribution in [0.2, 0.25) is 0 Å². The molecule has 0 saturated heterocycles. The zero-order chi connectivity index (χ0) is 18.9. The Morgan fingerprint density at radius 2 is 1.78 bits per heavy atom. The van der Waals surface area contributed by atoms with E-state index in [-0.39, 0.29) is 22.8 Å². The molecule has 3 N–H and O–H groups in total. The van der Waals surface area contributed by atoms with Crippen LogP contribution in [-0.2, 0) is 10.2 Å². The van der Waals surface area contributed by atoms with Gasteiger partial charge in [-0.2, -0.15) is 0 Å². The predicted octanol–water partition coefficient (Wildman–Crippen LogP) is 0.717. The Morgan fingerprint density at radius 3 is 2.59 bits per heavy atom. The van der Waals surface area contributed by atoms with E-state index in [1.54, 1.807) is 31.2 Å². The number of hydrogen-bond donors (Lipinski definition) is 3. The van der Waals surface area contributed by atoms with Gasteiger partial charge in [0.25, 0.3) is 5.56 Å². The molecule has 2 aliphatic heterocycles. The predicted molar refractivity (Wildman–Crippen MR) is 92.4 cm³/mol. The van der Waals surface area contributed by atoms with Crippen molar-refractivity contribution in [3.8, 4) is 11.6 Å². The van der Waals surface area contributed by atoms with E-state index in [9.17, 15) is 19.2 Å². The molecule has 1 atom stereocenters. The summed E-state index contributed by atoms with van der Waals surface area (Å²) in [7, 11) is 0. The monoisotopic (exact) mass is 365 g/mol. The first-order valence-corrected chi connectivity index (χ1v) is 8.03. The molecule has 1 aromatic carbocycles. The Bertz CT molecular complexity index is 1330. The van der Waals surface area contributed by atoms with Gasteiger partial charge in [-0.05, 0) is 13.0 Å². The average molecular weight is 365 g/mol. The molecule has 2 aliphatic rings. The lowest BCUT2D eigenvalue weighted by Crippen LogP contribution is -2.48. The standard InChI is InChI=1S/C18H11N3O6/c1-7-6-26-15(23)10-12(7)27-14-11(13(22)20-17(25)21-14)18(10)8-4-2-3-5-9(8)19-16(18)24/h2-6H,1H3,(H,19,24)(H2,20,21,22,25). The molecule has 1 spiro atoms. The molecule has 0 radical (unpaired) electrons. The topological polar surface area (TPSA) is 134 Å². The van der Waals surface area contributed by atoms with Crippen LogP contribution in [0, 0.1) is 6.92 Å². The molecule has 134 valence electrons. The van der Waals surface area contributed by atoms with Gasteiger partial charge in [-0.15, -0.1) is 0 Å². The zero-order valence-electron chi connectivity index (χ0n) is 13.8. The number of aromatic nitrogens is 2. The summed E-state index contributed by atoms with van der Waals surface area (Å²) < 4.78 is 10.8. The highest BCUT2D eigenvalue weighted by Crippen LogP contribution is 2.53. The quantitative estimate of drug-likeness (QED) is 0.537. The first-order chi connectivity index (χ1) is 12.9. The largest absolute Gasteiger partial charge is 0.439 e. The number of benzene rings is 1. The van der Waals surface area contributed by atoms with Crippen LogP contribution in [0.15, 0.2) is 49.3 Å². The highest BCUT2D eigenvalue weighted by Gasteiger charge is 2.59. The summed E-state index contributed by atoms with van der Waals surface area (Å²) in [6, 6.07) is 6.70. The molecule has 0 saturated carbocycles. The number of aryl methyl sites for hydroxylation is 1. The maximum absolute atomic E-state index is 13.2. The fourth-order valence-corrected chi connectivity index (χ4v) is 3.86. The Kier molecular flexibility index (Phi) is 2.76. The second-order valence-corrected chi connectivity index (χ2v) is 6.37. The fourth-order valence-electron chi connectivity index (χ4n) is 3.86. The molecule has 2 aromatic heterocycles. The van der Waals surface area contributed by atoms with Gasteiger partial charge in [0.1, 0.15) is 28.6 Å². The van der Waals surface area contributed by atoms with Crippen LogP contribution in [0.3, 0.4) is 0 Å². The molecule has 27 heavy (non-hydrogen) atoms. The maximum Gasteiger partial charge on any atom is 0.344 e. The van der Waals surface area contributed by atoms with Crippen molar-refractivity contribution >= 4 is 11.6 Å². The lowest BCUT2D eigenvalue weighted by Gasteiger charge is -2.33. The molecule has 9 heteroatoms. The van der Waals surface area contributed by atoms with E-state index in [1.807, 2.05) is 0 Å². The Morgan fingerprint density at radius 1 is 1.00 bits per heavy atom. The van der Waals surface area contributed by atoms with Crippen molar-refractivity contribution in [3.05, 3.63) is 84.0 Å². The molecular weight excluding hydrogens is 354 g/mol. The van der Waals surface area contributed by atoms with Crippen molar-refractivity contribution in [1.82, 2.24) is 9.97 Å². The van der Waals surface area contributed by atoms with Gasteiger partial charge >= 0.3 is 11.3 Å². The smallest absolute Gasteiger partial charge is 0.344 e. The summed E-state index contributed by atoms with van der Waals surface area (Å²) in [6.07, 6.45) is 1.20. The number of H-pyrrole nitrogens is 2. The number of aromatic amines is 2. The van der Waals surface area contributed by atoms with Gasteiger partial charge in [0, 0.05) is 16.8 Å². The number of hydrogen-bond acceptors (Lipinski definition) is 6. The van der Waals surface area contributed by atoms with E-state index in [4.69, 9.17) is 9.15 Å². The van der Waals surface area contributed by atoms with Crippen LogP contribution < -0.4 is 26.9 Å². The minimum absolute atomic E-state index is 0.0758. The number of anilines is 1. The molecule has 4 heterocycles. The van der Waals surface area contributed by atoms with Crippen molar-refractivity contribution in [3.63, 3.8) is 0 Å². The second-order valence-electron chi connectivity index (χ2n) is 6.37. The van der Waals surface area contributed by atoms with Crippen LogP contribution in [0.25, 0.3) is 0 Å². The first-order valence-electron chi connectivity index (χ1n) is 8.03. The number of ether oxygens (including phenoxy) is 1. The number of amides is 1. The van der Waals surface area contributed by atoms with Crippen molar-refractivity contribution in [2.45, 2.75) is 12.3 Å². The van der Waals surface area contributed by atoms with Crippen LogP contribution >= 0.6 is 0 Å². The van der Waals surface area contributed by atoms with E-state index in [0.717, 1.165) is 0 Å². The van der Waals surface area contributed by atoms with Crippen molar-refractivity contribution in [1.29, 1.82) is 0 Å². The summed E-state index contributed by atoms with van der Waals surface area (Å²) in [5, 5.41) is 2.71. The Hall–Kier alpha value is -3.88. The molecular formula is C18H11N3O6. The minimum atomic E-state index is -1.80. The molecule has 1 unspecified atom stereocenters. The molecule has 1 amide bonds. The van der Waals surface area contributed by atoms with Crippen LogP contribution in [-0.4, -0.2) is 15.9 Å². The summed E-state index contributed by atoms with van der Waals surface area (Å²) in [4.78, 5) is 55.0. The number of para-hydroxylation sites is 1. The normalized spacial score (nSPS) is 19.1. The molecule has 3 aromatic rings. The van der Waals surface area contributed by atoms with Crippen LogP contribution in [0.4, 0.5) is 5.69 Å². The SMILES string of the molecule is Cc1coc(=O)c2c1Oc1[nH]c(=O)[nH]c(=O)c1C21C(=O)Nc2ccccc21. The molecule has 5 rings (SSSR count).